The van der Waals surface area contributed by atoms with Gasteiger partial charge in [-0.15, -0.1) is 0 Å². The molecule has 5 rings (SSSR count). The number of carbonyl (C=O) groups excluding carboxylic acids is 2. The van der Waals surface area contributed by atoms with E-state index in [0.29, 0.717) is 6.54 Å². The van der Waals surface area contributed by atoms with Crippen LogP contribution in [0.1, 0.15) is 36.7 Å². The van der Waals surface area contributed by atoms with Crippen LogP contribution < -0.4 is 5.48 Å². The first-order valence-electron chi connectivity index (χ1n) is 12.5. The van der Waals surface area contributed by atoms with Crippen molar-refractivity contribution >= 4 is 45.5 Å². The molecule has 0 saturated heterocycles. The summed E-state index contributed by atoms with van der Waals surface area (Å²) in [6.07, 6.45) is 1.79. The first-order valence-corrected chi connectivity index (χ1v) is 12.8. The quantitative estimate of drug-likeness (QED) is 0.151. The van der Waals surface area contributed by atoms with Crippen LogP contribution in [-0.4, -0.2) is 44.8 Å². The first kappa shape index (κ1) is 26.4. The van der Waals surface area contributed by atoms with Crippen LogP contribution >= 0.6 is 11.6 Å². The first-order chi connectivity index (χ1) is 18.7. The number of amides is 1. The molecular formula is C29H28ClN5O4. The number of halogens is 1. The van der Waals surface area contributed by atoms with E-state index in [9.17, 15) is 9.59 Å². The van der Waals surface area contributed by atoms with Crippen molar-refractivity contribution in [2.24, 2.45) is 5.41 Å². The predicted molar refractivity (Wildman–Crippen MR) is 149 cm³/mol. The molecule has 0 spiro atoms. The Morgan fingerprint density at radius 2 is 1.90 bits per heavy atom. The Kier molecular flexibility index (Phi) is 7.36. The molecule has 9 nitrogen and oxygen atoms in total. The maximum Gasteiger partial charge on any atom is 0.311 e. The minimum Gasteiger partial charge on any atom is -0.463 e. The number of hydrogen-bond donors (Lipinski definition) is 2. The number of carbonyl (C=O) groups is 2. The van der Waals surface area contributed by atoms with Gasteiger partial charge in [-0.1, -0.05) is 29.8 Å². The van der Waals surface area contributed by atoms with Gasteiger partial charge in [-0.3, -0.25) is 29.2 Å². The lowest BCUT2D eigenvalue weighted by Crippen LogP contribution is -2.28. The number of nitrogens with one attached hydrogen (secondary N) is 2. The van der Waals surface area contributed by atoms with Crippen LogP contribution in [0, 0.1) is 5.41 Å². The van der Waals surface area contributed by atoms with Crippen LogP contribution in [0.4, 0.5) is 0 Å². The van der Waals surface area contributed by atoms with Crippen molar-refractivity contribution in [3.05, 3.63) is 83.0 Å². The summed E-state index contributed by atoms with van der Waals surface area (Å²) in [5.41, 5.74) is 7.35. The molecular weight excluding hydrogens is 518 g/mol. The van der Waals surface area contributed by atoms with Gasteiger partial charge in [-0.25, -0.2) is 10.5 Å². The van der Waals surface area contributed by atoms with Crippen molar-refractivity contribution in [3.63, 3.8) is 0 Å². The molecule has 3 heterocycles. The molecule has 10 heteroatoms. The van der Waals surface area contributed by atoms with E-state index in [4.69, 9.17) is 26.2 Å². The Morgan fingerprint density at radius 1 is 1.05 bits per heavy atom. The molecule has 2 N–H and O–H groups in total. The Bertz CT molecular complexity index is 1670. The van der Waals surface area contributed by atoms with Crippen molar-refractivity contribution in [2.75, 3.05) is 13.2 Å². The summed E-state index contributed by atoms with van der Waals surface area (Å²) >= 11 is 6.43. The standard InChI is InChI=1S/C29H28ClN5O4/c1-29(2,3)28(37)38-13-14-39-34-27(36)21-8-7-20(16-22(21)30)24-10-11-25-26(32-24)35(33-25)17-18-6-9-23-19(15-18)5-4-12-31-23/h4-12,15-16,33H,13-14,17H2,1-3H3,(H,34,36). The highest BCUT2D eigenvalue weighted by Crippen LogP contribution is 2.27. The van der Waals surface area contributed by atoms with Crippen molar-refractivity contribution in [1.82, 2.24) is 25.2 Å². The second-order valence-corrected chi connectivity index (χ2v) is 10.6. The number of aromatic nitrogens is 4. The summed E-state index contributed by atoms with van der Waals surface area (Å²) in [5.74, 6) is -0.842. The third-order valence-corrected chi connectivity index (χ3v) is 6.41. The molecule has 5 aromatic rings. The van der Waals surface area contributed by atoms with E-state index in [1.807, 2.05) is 35.0 Å². The van der Waals surface area contributed by atoms with E-state index in [0.717, 1.165) is 38.9 Å². The number of H-pyrrole nitrogens is 1. The van der Waals surface area contributed by atoms with Crippen molar-refractivity contribution < 1.29 is 19.2 Å². The molecule has 1 amide bonds. The minimum atomic E-state index is -0.600. The van der Waals surface area contributed by atoms with E-state index in [1.54, 1.807) is 45.2 Å². The molecule has 0 saturated carbocycles. The molecule has 0 radical (unpaired) electrons. The highest BCUT2D eigenvalue weighted by atomic mass is 35.5. The summed E-state index contributed by atoms with van der Waals surface area (Å²) in [5, 5.41) is 4.66. The van der Waals surface area contributed by atoms with E-state index in [2.05, 4.69) is 27.7 Å². The zero-order valence-corrected chi connectivity index (χ0v) is 22.6. The van der Waals surface area contributed by atoms with Crippen LogP contribution in [0.25, 0.3) is 33.3 Å². The molecule has 200 valence electrons. The predicted octanol–water partition coefficient (Wildman–Crippen LogP) is 5.53. The average Bonchev–Trinajstić information content (AvgIpc) is 2.90. The Labute approximate surface area is 230 Å². The van der Waals surface area contributed by atoms with Crippen molar-refractivity contribution in [1.29, 1.82) is 0 Å². The zero-order chi connectivity index (χ0) is 27.6. The molecule has 39 heavy (non-hydrogen) atoms. The van der Waals surface area contributed by atoms with Gasteiger partial charge in [-0.2, -0.15) is 0 Å². The lowest BCUT2D eigenvalue weighted by Gasteiger charge is -2.17. The maximum atomic E-state index is 12.5. The van der Waals surface area contributed by atoms with E-state index < -0.39 is 11.3 Å². The van der Waals surface area contributed by atoms with Gasteiger partial charge >= 0.3 is 5.97 Å². The largest absolute Gasteiger partial charge is 0.463 e. The number of aromatic amines is 1. The number of benzene rings is 2. The van der Waals surface area contributed by atoms with E-state index in [1.165, 1.54) is 0 Å². The summed E-state index contributed by atoms with van der Waals surface area (Å²) in [7, 11) is 0. The van der Waals surface area contributed by atoms with Crippen LogP contribution in [0.15, 0.2) is 66.9 Å². The summed E-state index contributed by atoms with van der Waals surface area (Å²) in [6, 6.07) is 19.1. The van der Waals surface area contributed by atoms with E-state index >= 15 is 0 Å². The summed E-state index contributed by atoms with van der Waals surface area (Å²) in [4.78, 5) is 38.6. The second kappa shape index (κ2) is 10.9. The van der Waals surface area contributed by atoms with Gasteiger partial charge in [0.15, 0.2) is 5.65 Å². The highest BCUT2D eigenvalue weighted by Gasteiger charge is 2.22. The third kappa shape index (κ3) is 5.94. The zero-order valence-electron chi connectivity index (χ0n) is 21.8. The summed E-state index contributed by atoms with van der Waals surface area (Å²) < 4.78 is 7.09. The fourth-order valence-electron chi connectivity index (χ4n) is 3.99. The number of hydrogen-bond acceptors (Lipinski definition) is 6. The van der Waals surface area contributed by atoms with Crippen molar-refractivity contribution in [2.45, 2.75) is 27.3 Å². The normalized spacial score (nSPS) is 11.7. The molecule has 0 bridgehead atoms. The van der Waals surface area contributed by atoms with Gasteiger partial charge in [0.25, 0.3) is 5.91 Å². The Hall–Kier alpha value is -4.21. The van der Waals surface area contributed by atoms with Gasteiger partial charge in [0.2, 0.25) is 0 Å². The topological polar surface area (TPSA) is 111 Å². The van der Waals surface area contributed by atoms with Gasteiger partial charge in [0.05, 0.1) is 39.3 Å². The van der Waals surface area contributed by atoms with Gasteiger partial charge in [0, 0.05) is 17.1 Å². The fourth-order valence-corrected chi connectivity index (χ4v) is 4.26. The number of hydroxylamine groups is 1. The molecule has 2 aromatic carbocycles. The fraction of sp³-hybridized carbons (Fsp3) is 0.241. The number of fused-ring (bicyclic) bond motifs is 2. The van der Waals surface area contributed by atoms with Gasteiger partial charge < -0.3 is 4.74 Å². The van der Waals surface area contributed by atoms with Gasteiger partial charge in [0.1, 0.15) is 13.2 Å². The monoisotopic (exact) mass is 545 g/mol. The van der Waals surface area contributed by atoms with Crippen LogP contribution in [0.2, 0.25) is 5.02 Å². The molecule has 3 aromatic heterocycles. The molecule has 0 atom stereocenters. The number of nitrogens with zero attached hydrogens (tertiary/aromatic N) is 3. The molecule has 0 unspecified atom stereocenters. The van der Waals surface area contributed by atoms with Crippen molar-refractivity contribution in [3.8, 4) is 11.3 Å². The third-order valence-electron chi connectivity index (χ3n) is 6.10. The lowest BCUT2D eigenvalue weighted by atomic mass is 9.97. The number of rotatable bonds is 8. The van der Waals surface area contributed by atoms with E-state index in [-0.39, 0.29) is 29.8 Å². The Morgan fingerprint density at radius 3 is 2.69 bits per heavy atom. The highest BCUT2D eigenvalue weighted by molar-refractivity contribution is 6.34. The smallest absolute Gasteiger partial charge is 0.311 e. The van der Waals surface area contributed by atoms with Crippen LogP contribution in [0.5, 0.6) is 0 Å². The molecule has 0 aliphatic heterocycles. The molecule has 0 aliphatic rings. The average molecular weight is 546 g/mol. The lowest BCUT2D eigenvalue weighted by molar-refractivity contribution is -0.155. The SMILES string of the molecule is CC(C)(C)C(=O)OCCONC(=O)c1ccc(-c2ccc3[nH]n(Cc4ccc5ncccc5c4)c3n2)cc1Cl. The molecule has 0 aliphatic carbocycles. The second-order valence-electron chi connectivity index (χ2n) is 10.2. The number of ether oxygens (including phenoxy) is 1. The van der Waals surface area contributed by atoms with Crippen LogP contribution in [0.3, 0.4) is 0 Å². The minimum absolute atomic E-state index is 0.0168. The number of pyridine rings is 2. The number of esters is 1. The van der Waals surface area contributed by atoms with Gasteiger partial charge in [-0.05, 0) is 68.8 Å². The molecule has 0 fully saturated rings. The maximum absolute atomic E-state index is 12.5. The Balaban J connectivity index is 1.23. The van der Waals surface area contributed by atoms with Crippen LogP contribution in [-0.2, 0) is 20.9 Å². The summed E-state index contributed by atoms with van der Waals surface area (Å²) in [6.45, 7) is 5.97.